The second-order valence-electron chi connectivity index (χ2n) is 8.64. The molecule has 36 heavy (non-hydrogen) atoms. The van der Waals surface area contributed by atoms with Gasteiger partial charge in [-0.1, -0.05) is 35.9 Å². The van der Waals surface area contributed by atoms with Gasteiger partial charge in [-0.3, -0.25) is 4.79 Å². The van der Waals surface area contributed by atoms with E-state index in [0.29, 0.717) is 22.3 Å². The summed E-state index contributed by atoms with van der Waals surface area (Å²) in [6.07, 6.45) is 0. The molecule has 2 aliphatic heterocycles. The van der Waals surface area contributed by atoms with Gasteiger partial charge < -0.3 is 19.5 Å². The summed E-state index contributed by atoms with van der Waals surface area (Å²) in [6.45, 7) is 0.633. The van der Waals surface area contributed by atoms with Crippen molar-refractivity contribution < 1.29 is 27.4 Å². The van der Waals surface area contributed by atoms with Crippen LogP contribution < -0.4 is 19.5 Å². The normalized spacial score (nSPS) is 19.3. The lowest BCUT2D eigenvalue weighted by Gasteiger charge is -2.20. The summed E-state index contributed by atoms with van der Waals surface area (Å²) in [7, 11) is -2.27. The van der Waals surface area contributed by atoms with Crippen LogP contribution in [0.5, 0.6) is 17.2 Å². The van der Waals surface area contributed by atoms with Crippen LogP contribution in [0.1, 0.15) is 17.0 Å². The average Bonchev–Trinajstić information content (AvgIpc) is 3.55. The van der Waals surface area contributed by atoms with Crippen LogP contribution >= 0.6 is 11.6 Å². The van der Waals surface area contributed by atoms with Gasteiger partial charge in [-0.15, -0.1) is 0 Å². The Kier molecular flexibility index (Phi) is 6.79. The van der Waals surface area contributed by atoms with Crippen LogP contribution in [-0.2, 0) is 21.4 Å². The minimum absolute atomic E-state index is 0.0423. The van der Waals surface area contributed by atoms with E-state index in [4.69, 9.17) is 25.8 Å². The van der Waals surface area contributed by atoms with Gasteiger partial charge in [0.2, 0.25) is 22.7 Å². The molecule has 0 unspecified atom stereocenters. The number of benzene rings is 3. The number of nitrogens with zero attached hydrogens (tertiary/aromatic N) is 1. The minimum Gasteiger partial charge on any atom is -0.496 e. The molecule has 1 N–H and O–H groups in total. The van der Waals surface area contributed by atoms with Gasteiger partial charge in [0.05, 0.1) is 17.9 Å². The van der Waals surface area contributed by atoms with E-state index in [1.807, 2.05) is 36.4 Å². The van der Waals surface area contributed by atoms with Crippen LogP contribution in [-0.4, -0.2) is 45.6 Å². The lowest BCUT2D eigenvalue weighted by molar-refractivity contribution is -0.125. The van der Waals surface area contributed by atoms with Gasteiger partial charge in [0.15, 0.2) is 11.5 Å². The molecule has 0 aliphatic carbocycles. The van der Waals surface area contributed by atoms with Gasteiger partial charge in [0, 0.05) is 30.6 Å². The summed E-state index contributed by atoms with van der Waals surface area (Å²) in [5, 5.41) is 3.42. The molecule has 3 aromatic carbocycles. The van der Waals surface area contributed by atoms with Gasteiger partial charge in [-0.25, -0.2) is 8.42 Å². The molecule has 8 nitrogen and oxygen atoms in total. The SMILES string of the molecule is COc1ccccc1[C@@H]1CN(S(=O)(=O)c2ccc(Cl)cc2)C[C@H]1C(=O)NCc1ccc2c(c1)OCO2. The fourth-order valence-corrected chi connectivity index (χ4v) is 6.26. The van der Waals surface area contributed by atoms with E-state index in [1.54, 1.807) is 13.2 Å². The Labute approximate surface area is 214 Å². The molecule has 0 bridgehead atoms. The van der Waals surface area contributed by atoms with Crippen molar-refractivity contribution in [2.45, 2.75) is 17.4 Å². The van der Waals surface area contributed by atoms with Crippen molar-refractivity contribution in [3.63, 3.8) is 0 Å². The monoisotopic (exact) mass is 528 g/mol. The van der Waals surface area contributed by atoms with Crippen molar-refractivity contribution >= 4 is 27.5 Å². The molecule has 3 aromatic rings. The third kappa shape index (κ3) is 4.74. The molecule has 0 aromatic heterocycles. The molecule has 0 spiro atoms. The first-order chi connectivity index (χ1) is 17.4. The van der Waals surface area contributed by atoms with Crippen molar-refractivity contribution in [3.05, 3.63) is 82.9 Å². The van der Waals surface area contributed by atoms with Crippen LogP contribution in [0.3, 0.4) is 0 Å². The maximum absolute atomic E-state index is 13.4. The first-order valence-electron chi connectivity index (χ1n) is 11.4. The molecule has 0 radical (unpaired) electrons. The van der Waals surface area contributed by atoms with Gasteiger partial charge in [0.25, 0.3) is 0 Å². The zero-order chi connectivity index (χ0) is 25.3. The Morgan fingerprint density at radius 1 is 1.06 bits per heavy atom. The minimum atomic E-state index is -3.83. The predicted octanol–water partition coefficient (Wildman–Crippen LogP) is 3.80. The molecule has 0 saturated carbocycles. The molecule has 1 amide bonds. The Balaban J connectivity index is 1.40. The zero-order valence-electron chi connectivity index (χ0n) is 19.5. The second-order valence-corrected chi connectivity index (χ2v) is 11.0. The van der Waals surface area contributed by atoms with E-state index in [0.717, 1.165) is 11.1 Å². The number of para-hydroxylation sites is 1. The van der Waals surface area contributed by atoms with E-state index in [-0.39, 0.29) is 43.1 Å². The van der Waals surface area contributed by atoms with Crippen LogP contribution in [0.25, 0.3) is 0 Å². The Morgan fingerprint density at radius 3 is 2.58 bits per heavy atom. The van der Waals surface area contributed by atoms with Gasteiger partial charge in [-0.2, -0.15) is 4.31 Å². The highest BCUT2D eigenvalue weighted by Crippen LogP contribution is 2.40. The van der Waals surface area contributed by atoms with E-state index in [9.17, 15) is 13.2 Å². The smallest absolute Gasteiger partial charge is 0.243 e. The highest BCUT2D eigenvalue weighted by Gasteiger charge is 2.44. The van der Waals surface area contributed by atoms with Crippen molar-refractivity contribution in [1.29, 1.82) is 0 Å². The van der Waals surface area contributed by atoms with E-state index in [1.165, 1.54) is 28.6 Å². The van der Waals surface area contributed by atoms with Crippen molar-refractivity contribution in [2.24, 2.45) is 5.92 Å². The second kappa shape index (κ2) is 10.0. The number of halogens is 1. The summed E-state index contributed by atoms with van der Waals surface area (Å²) in [4.78, 5) is 13.6. The van der Waals surface area contributed by atoms with Crippen LogP contribution in [0.4, 0.5) is 0 Å². The number of nitrogens with one attached hydrogen (secondary N) is 1. The number of carbonyl (C=O) groups excluding carboxylic acids is 1. The van der Waals surface area contributed by atoms with Gasteiger partial charge in [-0.05, 0) is 53.6 Å². The Bertz CT molecular complexity index is 1380. The third-order valence-corrected chi connectivity index (χ3v) is 8.61. The molecule has 2 heterocycles. The number of sulfonamides is 1. The number of amides is 1. The van der Waals surface area contributed by atoms with Crippen molar-refractivity contribution in [1.82, 2.24) is 9.62 Å². The summed E-state index contributed by atoms with van der Waals surface area (Å²) in [5.41, 5.74) is 1.64. The lowest BCUT2D eigenvalue weighted by atomic mass is 9.87. The highest BCUT2D eigenvalue weighted by atomic mass is 35.5. The zero-order valence-corrected chi connectivity index (χ0v) is 21.1. The first-order valence-corrected chi connectivity index (χ1v) is 13.2. The average molecular weight is 529 g/mol. The number of ether oxygens (including phenoxy) is 3. The fourth-order valence-electron chi connectivity index (χ4n) is 4.64. The number of fused-ring (bicyclic) bond motifs is 1. The maximum Gasteiger partial charge on any atom is 0.243 e. The van der Waals surface area contributed by atoms with Crippen LogP contribution in [0.15, 0.2) is 71.6 Å². The lowest BCUT2D eigenvalue weighted by Crippen LogP contribution is -2.35. The Hall–Kier alpha value is -3.27. The molecule has 188 valence electrons. The number of rotatable bonds is 7. The molecular weight excluding hydrogens is 504 g/mol. The number of hydrogen-bond acceptors (Lipinski definition) is 6. The first kappa shape index (κ1) is 24.4. The van der Waals surface area contributed by atoms with E-state index >= 15 is 0 Å². The van der Waals surface area contributed by atoms with Gasteiger partial charge in [0.1, 0.15) is 5.75 Å². The maximum atomic E-state index is 13.4. The summed E-state index contributed by atoms with van der Waals surface area (Å²) >= 11 is 5.95. The third-order valence-electron chi connectivity index (χ3n) is 6.52. The molecule has 10 heteroatoms. The summed E-state index contributed by atoms with van der Waals surface area (Å²) in [6, 6.07) is 18.9. The molecule has 5 rings (SSSR count). The fraction of sp³-hybridized carbons (Fsp3) is 0.269. The standard InChI is InChI=1S/C26H25ClN2O6S/c1-33-23-5-3-2-4-20(23)21-14-29(36(31,32)19-9-7-18(27)8-10-19)15-22(21)26(30)28-13-17-6-11-24-25(12-17)35-16-34-24/h2-12,21-22H,13-16H2,1H3,(H,28,30)/t21-,22+/m0/s1. The van der Waals surface area contributed by atoms with Crippen molar-refractivity contribution in [3.8, 4) is 17.2 Å². The Morgan fingerprint density at radius 2 is 1.81 bits per heavy atom. The molecular formula is C26H25ClN2O6S. The molecule has 2 aliphatic rings. The quantitative estimate of drug-likeness (QED) is 0.501. The van der Waals surface area contributed by atoms with Crippen LogP contribution in [0, 0.1) is 5.92 Å². The number of methoxy groups -OCH3 is 1. The van der Waals surface area contributed by atoms with E-state index < -0.39 is 15.9 Å². The molecule has 1 saturated heterocycles. The predicted molar refractivity (Wildman–Crippen MR) is 134 cm³/mol. The topological polar surface area (TPSA) is 94.2 Å². The summed E-state index contributed by atoms with van der Waals surface area (Å²) < 4.78 is 44.5. The highest BCUT2D eigenvalue weighted by molar-refractivity contribution is 7.89. The van der Waals surface area contributed by atoms with Crippen LogP contribution in [0.2, 0.25) is 5.02 Å². The van der Waals surface area contributed by atoms with Crippen molar-refractivity contribution in [2.75, 3.05) is 27.0 Å². The number of hydrogen-bond donors (Lipinski definition) is 1. The largest absolute Gasteiger partial charge is 0.496 e. The molecule has 2 atom stereocenters. The summed E-state index contributed by atoms with van der Waals surface area (Å²) in [5.74, 6) is 0.673. The van der Waals surface area contributed by atoms with Gasteiger partial charge >= 0.3 is 0 Å². The number of carbonyl (C=O) groups is 1. The molecule has 1 fully saturated rings. The van der Waals surface area contributed by atoms with E-state index in [2.05, 4.69) is 5.32 Å².